The monoisotopic (exact) mass is 342 g/mol. The lowest BCUT2D eigenvalue weighted by Crippen LogP contribution is -2.28. The van der Waals surface area contributed by atoms with Crippen molar-refractivity contribution in [1.82, 2.24) is 9.78 Å². The molecule has 19 heavy (non-hydrogen) atoms. The maximum Gasteiger partial charge on any atom is 0.131 e. The summed E-state index contributed by atoms with van der Waals surface area (Å²) in [5.74, 6) is 0. The summed E-state index contributed by atoms with van der Waals surface area (Å²) >= 11 is 9.69. The molecule has 1 aromatic heterocycles. The van der Waals surface area contributed by atoms with E-state index in [4.69, 9.17) is 11.6 Å². The highest BCUT2D eigenvalue weighted by atomic mass is 79.9. The molecule has 1 unspecified atom stereocenters. The number of aromatic nitrogens is 2. The molecule has 0 saturated carbocycles. The number of rotatable bonds is 3. The third kappa shape index (κ3) is 2.57. The molecular weight excluding hydrogens is 328 g/mol. The first-order valence-corrected chi connectivity index (χ1v) is 7.23. The fourth-order valence-electron chi connectivity index (χ4n) is 2.17. The van der Waals surface area contributed by atoms with Gasteiger partial charge in [0.05, 0.1) is 16.9 Å². The van der Waals surface area contributed by atoms with Crippen LogP contribution in [0, 0.1) is 0 Å². The summed E-state index contributed by atoms with van der Waals surface area (Å²) in [4.78, 5) is 0. The van der Waals surface area contributed by atoms with Crippen molar-refractivity contribution in [2.75, 3.05) is 0 Å². The Bertz CT molecular complexity index is 593. The first-order chi connectivity index (χ1) is 8.85. The van der Waals surface area contributed by atoms with Crippen molar-refractivity contribution in [3.63, 3.8) is 0 Å². The molecule has 0 fully saturated rings. The van der Waals surface area contributed by atoms with Crippen molar-refractivity contribution in [1.29, 1.82) is 0 Å². The second-order valence-corrected chi connectivity index (χ2v) is 6.19. The molecule has 2 rings (SSSR count). The van der Waals surface area contributed by atoms with Gasteiger partial charge in [0.25, 0.3) is 0 Å². The molecule has 0 aliphatic heterocycles. The van der Waals surface area contributed by atoms with E-state index in [0.717, 1.165) is 10.0 Å². The van der Waals surface area contributed by atoms with Crippen molar-refractivity contribution in [2.45, 2.75) is 32.4 Å². The minimum atomic E-state index is -1.21. The molecule has 0 aliphatic carbocycles. The lowest BCUT2D eigenvalue weighted by atomic mass is 9.92. The number of hydrogen-bond acceptors (Lipinski definition) is 2. The van der Waals surface area contributed by atoms with E-state index in [0.29, 0.717) is 10.7 Å². The van der Waals surface area contributed by atoms with Gasteiger partial charge in [0.2, 0.25) is 0 Å². The summed E-state index contributed by atoms with van der Waals surface area (Å²) in [7, 11) is 0. The van der Waals surface area contributed by atoms with Gasteiger partial charge in [-0.2, -0.15) is 5.10 Å². The molecule has 1 N–H and O–H groups in total. The zero-order valence-corrected chi connectivity index (χ0v) is 13.4. The van der Waals surface area contributed by atoms with Gasteiger partial charge in [0.1, 0.15) is 5.60 Å². The van der Waals surface area contributed by atoms with Gasteiger partial charge in [-0.1, -0.05) is 45.7 Å². The van der Waals surface area contributed by atoms with Crippen LogP contribution < -0.4 is 0 Å². The quantitative estimate of drug-likeness (QED) is 0.909. The van der Waals surface area contributed by atoms with Crippen LogP contribution in [-0.4, -0.2) is 14.9 Å². The van der Waals surface area contributed by atoms with E-state index in [9.17, 15) is 5.11 Å². The summed E-state index contributed by atoms with van der Waals surface area (Å²) in [6.07, 6.45) is 1.57. The highest BCUT2D eigenvalue weighted by Crippen LogP contribution is 2.38. The zero-order chi connectivity index (χ0) is 14.2. The Kier molecular flexibility index (Phi) is 4.04. The Morgan fingerprint density at radius 1 is 1.37 bits per heavy atom. The number of hydrogen-bond donors (Lipinski definition) is 1. The van der Waals surface area contributed by atoms with Gasteiger partial charge in [-0.3, -0.25) is 4.68 Å². The standard InChI is InChI=1S/C14H16BrClN2O/c1-9(2)18-13(12(16)8-17-18)14(3,19)10-6-4-5-7-11(10)15/h4-9,19H,1-3H3. The topological polar surface area (TPSA) is 38.0 Å². The van der Waals surface area contributed by atoms with Crippen molar-refractivity contribution in [3.05, 3.63) is 51.2 Å². The second-order valence-electron chi connectivity index (χ2n) is 4.93. The van der Waals surface area contributed by atoms with Gasteiger partial charge in [-0.05, 0) is 26.8 Å². The van der Waals surface area contributed by atoms with Crippen LogP contribution in [-0.2, 0) is 5.60 Å². The highest BCUT2D eigenvalue weighted by Gasteiger charge is 2.34. The van der Waals surface area contributed by atoms with E-state index in [1.807, 2.05) is 38.1 Å². The summed E-state index contributed by atoms with van der Waals surface area (Å²) in [6.45, 7) is 5.74. The maximum atomic E-state index is 11.0. The summed E-state index contributed by atoms with van der Waals surface area (Å²) in [6, 6.07) is 7.69. The predicted molar refractivity (Wildman–Crippen MR) is 80.4 cm³/mol. The van der Waals surface area contributed by atoms with Gasteiger partial charge < -0.3 is 5.11 Å². The first kappa shape index (κ1) is 14.6. The molecule has 5 heteroatoms. The Hall–Kier alpha value is -0.840. The van der Waals surface area contributed by atoms with Gasteiger partial charge in [-0.15, -0.1) is 0 Å². The van der Waals surface area contributed by atoms with E-state index in [-0.39, 0.29) is 6.04 Å². The summed E-state index contributed by atoms with van der Waals surface area (Å²) in [5, 5.41) is 15.7. The van der Waals surface area contributed by atoms with E-state index >= 15 is 0 Å². The Balaban J connectivity index is 2.63. The molecule has 0 amide bonds. The molecule has 1 aromatic carbocycles. The predicted octanol–water partition coefficient (Wildman–Crippen LogP) is 4.14. The van der Waals surface area contributed by atoms with Crippen molar-refractivity contribution < 1.29 is 5.11 Å². The Morgan fingerprint density at radius 2 is 2.00 bits per heavy atom. The molecule has 0 radical (unpaired) electrons. The normalized spacial score (nSPS) is 14.7. The fourth-order valence-corrected chi connectivity index (χ4v) is 3.16. The third-order valence-electron chi connectivity index (χ3n) is 3.10. The second kappa shape index (κ2) is 5.27. The average Bonchev–Trinajstić information content (AvgIpc) is 2.72. The van der Waals surface area contributed by atoms with Crippen LogP contribution in [0.1, 0.15) is 38.1 Å². The van der Waals surface area contributed by atoms with Crippen molar-refractivity contribution in [3.8, 4) is 0 Å². The smallest absolute Gasteiger partial charge is 0.131 e. The minimum absolute atomic E-state index is 0.122. The van der Waals surface area contributed by atoms with Gasteiger partial charge in [-0.25, -0.2) is 0 Å². The van der Waals surface area contributed by atoms with Crippen LogP contribution in [0.5, 0.6) is 0 Å². The van der Waals surface area contributed by atoms with Crippen molar-refractivity contribution >= 4 is 27.5 Å². The van der Waals surface area contributed by atoms with E-state index < -0.39 is 5.60 Å². The molecular formula is C14H16BrClN2O. The Morgan fingerprint density at radius 3 is 2.58 bits per heavy atom. The number of halogens is 2. The number of benzene rings is 1. The molecule has 0 aliphatic rings. The number of nitrogens with zero attached hydrogens (tertiary/aromatic N) is 2. The minimum Gasteiger partial charge on any atom is -0.379 e. The van der Waals surface area contributed by atoms with E-state index in [2.05, 4.69) is 21.0 Å². The molecule has 1 heterocycles. The Labute approximate surface area is 126 Å². The fraction of sp³-hybridized carbons (Fsp3) is 0.357. The van der Waals surface area contributed by atoms with E-state index in [1.54, 1.807) is 17.8 Å². The van der Waals surface area contributed by atoms with Crippen LogP contribution in [0.2, 0.25) is 5.02 Å². The first-order valence-electron chi connectivity index (χ1n) is 6.06. The third-order valence-corrected chi connectivity index (χ3v) is 4.07. The lowest BCUT2D eigenvalue weighted by Gasteiger charge is -2.27. The van der Waals surface area contributed by atoms with Gasteiger partial charge >= 0.3 is 0 Å². The molecule has 0 bridgehead atoms. The van der Waals surface area contributed by atoms with Gasteiger partial charge in [0, 0.05) is 16.1 Å². The van der Waals surface area contributed by atoms with Crippen LogP contribution in [0.25, 0.3) is 0 Å². The summed E-state index contributed by atoms with van der Waals surface area (Å²) < 4.78 is 2.59. The van der Waals surface area contributed by atoms with Crippen LogP contribution in [0.4, 0.5) is 0 Å². The van der Waals surface area contributed by atoms with E-state index in [1.165, 1.54) is 0 Å². The largest absolute Gasteiger partial charge is 0.379 e. The van der Waals surface area contributed by atoms with Crippen LogP contribution in [0.3, 0.4) is 0 Å². The van der Waals surface area contributed by atoms with Crippen LogP contribution in [0.15, 0.2) is 34.9 Å². The molecule has 3 nitrogen and oxygen atoms in total. The highest BCUT2D eigenvalue weighted by molar-refractivity contribution is 9.10. The van der Waals surface area contributed by atoms with Crippen LogP contribution >= 0.6 is 27.5 Å². The lowest BCUT2D eigenvalue weighted by molar-refractivity contribution is 0.0894. The maximum absolute atomic E-state index is 11.0. The SMILES string of the molecule is CC(C)n1ncc(Cl)c1C(C)(O)c1ccccc1Br. The average molecular weight is 344 g/mol. The number of aliphatic hydroxyl groups is 1. The van der Waals surface area contributed by atoms with Gasteiger partial charge in [0.15, 0.2) is 0 Å². The molecule has 1 atom stereocenters. The molecule has 0 spiro atoms. The van der Waals surface area contributed by atoms with Crippen molar-refractivity contribution in [2.24, 2.45) is 0 Å². The molecule has 102 valence electrons. The summed E-state index contributed by atoms with van der Waals surface area (Å²) in [5.41, 5.74) is 0.160. The molecule has 2 aromatic rings. The zero-order valence-electron chi connectivity index (χ0n) is 11.1. The molecule has 0 saturated heterocycles.